The molecule has 2 aromatic rings. The van der Waals surface area contributed by atoms with E-state index in [0.717, 1.165) is 17.8 Å². The van der Waals surface area contributed by atoms with Gasteiger partial charge in [-0.25, -0.2) is 0 Å². The topological polar surface area (TPSA) is 84.0 Å². The fourth-order valence-electron chi connectivity index (χ4n) is 2.99. The average molecular weight is 372 g/mol. The van der Waals surface area contributed by atoms with Crippen LogP contribution in [0.2, 0.25) is 0 Å². The second kappa shape index (κ2) is 8.40. The summed E-state index contributed by atoms with van der Waals surface area (Å²) in [6.07, 6.45) is 6.07. The zero-order valence-corrected chi connectivity index (χ0v) is 15.9. The number of nitrogens with one attached hydrogen (secondary N) is 2. The molecule has 3 rings (SSSR count). The van der Waals surface area contributed by atoms with Gasteiger partial charge in [-0.1, -0.05) is 50.5 Å². The molecule has 1 saturated carbocycles. The fourth-order valence-corrected chi connectivity index (χ4v) is 3.90. The zero-order chi connectivity index (χ0) is 18.5. The summed E-state index contributed by atoms with van der Waals surface area (Å²) in [5, 5.41) is 15.5. The van der Waals surface area contributed by atoms with E-state index in [1.165, 1.54) is 30.6 Å². The molecule has 1 aromatic carbocycles. The first kappa shape index (κ1) is 18.5. The zero-order valence-electron chi connectivity index (χ0n) is 15.1. The van der Waals surface area contributed by atoms with Gasteiger partial charge < -0.3 is 5.32 Å². The quantitative estimate of drug-likeness (QED) is 0.813. The summed E-state index contributed by atoms with van der Waals surface area (Å²) in [5.74, 6) is 0.0226. The highest BCUT2D eigenvalue weighted by Crippen LogP contribution is 2.35. The van der Waals surface area contributed by atoms with Gasteiger partial charge in [-0.15, -0.1) is 10.2 Å². The molecule has 0 spiro atoms. The number of aromatic nitrogens is 2. The van der Waals surface area contributed by atoms with E-state index in [1.54, 1.807) is 24.3 Å². The summed E-state index contributed by atoms with van der Waals surface area (Å²) >= 11 is 1.46. The van der Waals surface area contributed by atoms with Crippen LogP contribution in [0.5, 0.6) is 0 Å². The van der Waals surface area contributed by atoms with E-state index in [4.69, 9.17) is 0 Å². The maximum atomic E-state index is 12.5. The summed E-state index contributed by atoms with van der Waals surface area (Å²) in [5.41, 5.74) is 1.08. The van der Waals surface area contributed by atoms with Crippen molar-refractivity contribution < 1.29 is 9.59 Å². The largest absolute Gasteiger partial charge is 0.326 e. The van der Waals surface area contributed by atoms with Crippen LogP contribution >= 0.6 is 11.3 Å². The molecule has 1 aromatic heterocycles. The third-order valence-corrected chi connectivity index (χ3v) is 5.53. The molecule has 1 aliphatic carbocycles. The van der Waals surface area contributed by atoms with Crippen molar-refractivity contribution in [3.63, 3.8) is 0 Å². The number of amides is 2. The number of hydrogen-bond donors (Lipinski definition) is 2. The highest BCUT2D eigenvalue weighted by atomic mass is 32.1. The second-order valence-electron chi connectivity index (χ2n) is 6.96. The molecule has 1 fully saturated rings. The minimum Gasteiger partial charge on any atom is -0.326 e. The Morgan fingerprint density at radius 3 is 2.62 bits per heavy atom. The van der Waals surface area contributed by atoms with Gasteiger partial charge >= 0.3 is 0 Å². The van der Waals surface area contributed by atoms with E-state index in [1.807, 2.05) is 13.8 Å². The lowest BCUT2D eigenvalue weighted by atomic mass is 9.90. The molecule has 26 heavy (non-hydrogen) atoms. The Morgan fingerprint density at radius 2 is 1.88 bits per heavy atom. The molecule has 0 bridgehead atoms. The normalized spacial score (nSPS) is 15.0. The van der Waals surface area contributed by atoms with Crippen LogP contribution < -0.4 is 10.6 Å². The fraction of sp³-hybridized carbons (Fsp3) is 0.474. The molecular weight excluding hydrogens is 348 g/mol. The summed E-state index contributed by atoms with van der Waals surface area (Å²) in [4.78, 5) is 24.3. The lowest BCUT2D eigenvalue weighted by Crippen LogP contribution is -2.18. The molecule has 0 radical (unpaired) electrons. The van der Waals surface area contributed by atoms with Gasteiger partial charge in [-0.3, -0.25) is 14.9 Å². The van der Waals surface area contributed by atoms with E-state index in [9.17, 15) is 9.59 Å². The lowest BCUT2D eigenvalue weighted by molar-refractivity contribution is -0.118. The first-order chi connectivity index (χ1) is 12.5. The van der Waals surface area contributed by atoms with Crippen molar-refractivity contribution in [2.75, 3.05) is 10.6 Å². The SMILES string of the molecule is CC(C)C(=O)Nc1cccc(C(=O)Nc2nnc(C3CCCCC3)s2)c1. The molecule has 1 heterocycles. The minimum absolute atomic E-state index is 0.0798. The number of benzene rings is 1. The van der Waals surface area contributed by atoms with Gasteiger partial charge in [-0.05, 0) is 31.0 Å². The van der Waals surface area contributed by atoms with Crippen LogP contribution in [0.1, 0.15) is 67.2 Å². The number of carbonyl (C=O) groups is 2. The molecule has 2 amide bonds. The van der Waals surface area contributed by atoms with Crippen LogP contribution in [0.4, 0.5) is 10.8 Å². The van der Waals surface area contributed by atoms with Gasteiger partial charge in [-0.2, -0.15) is 0 Å². The number of anilines is 2. The Balaban J connectivity index is 1.64. The first-order valence-electron chi connectivity index (χ1n) is 9.08. The minimum atomic E-state index is -0.253. The summed E-state index contributed by atoms with van der Waals surface area (Å²) in [6, 6.07) is 6.89. The summed E-state index contributed by atoms with van der Waals surface area (Å²) < 4.78 is 0. The lowest BCUT2D eigenvalue weighted by Gasteiger charge is -2.18. The van der Waals surface area contributed by atoms with Gasteiger partial charge in [0.05, 0.1) is 0 Å². The maximum Gasteiger partial charge on any atom is 0.257 e. The highest BCUT2D eigenvalue weighted by molar-refractivity contribution is 7.15. The molecular formula is C19H24N4O2S. The second-order valence-corrected chi connectivity index (χ2v) is 7.97. The Kier molecular flexibility index (Phi) is 5.98. The first-order valence-corrected chi connectivity index (χ1v) is 9.90. The summed E-state index contributed by atoms with van der Waals surface area (Å²) in [7, 11) is 0. The van der Waals surface area contributed by atoms with Crippen LogP contribution in [0.25, 0.3) is 0 Å². The standard InChI is InChI=1S/C19H24N4O2S/c1-12(2)16(24)20-15-10-6-9-14(11-15)17(25)21-19-23-22-18(26-19)13-7-4-3-5-8-13/h6,9-13H,3-5,7-8H2,1-2H3,(H,20,24)(H,21,23,25). The highest BCUT2D eigenvalue weighted by Gasteiger charge is 2.20. The molecule has 0 unspecified atom stereocenters. The number of carbonyl (C=O) groups excluding carboxylic acids is 2. The van der Waals surface area contributed by atoms with Crippen LogP contribution in [0, 0.1) is 5.92 Å². The van der Waals surface area contributed by atoms with Crippen molar-refractivity contribution in [3.05, 3.63) is 34.8 Å². The van der Waals surface area contributed by atoms with Gasteiger partial charge in [0.15, 0.2) is 0 Å². The molecule has 2 N–H and O–H groups in total. The predicted octanol–water partition coefficient (Wildman–Crippen LogP) is 4.43. The number of rotatable bonds is 5. The third-order valence-electron chi connectivity index (χ3n) is 4.53. The molecule has 0 aliphatic heterocycles. The van der Waals surface area contributed by atoms with Crippen molar-refractivity contribution >= 4 is 34.0 Å². The van der Waals surface area contributed by atoms with Gasteiger partial charge in [0.1, 0.15) is 5.01 Å². The molecule has 138 valence electrons. The number of nitrogens with zero attached hydrogens (tertiary/aromatic N) is 2. The van der Waals surface area contributed by atoms with E-state index >= 15 is 0 Å². The van der Waals surface area contributed by atoms with E-state index < -0.39 is 0 Å². The number of hydrogen-bond acceptors (Lipinski definition) is 5. The Morgan fingerprint density at radius 1 is 1.12 bits per heavy atom. The monoisotopic (exact) mass is 372 g/mol. The van der Waals surface area contributed by atoms with Gasteiger partial charge in [0.2, 0.25) is 11.0 Å². The van der Waals surface area contributed by atoms with Crippen LogP contribution in [-0.2, 0) is 4.79 Å². The Hall–Kier alpha value is -2.28. The molecule has 0 saturated heterocycles. The van der Waals surface area contributed by atoms with Crippen molar-refractivity contribution in [2.24, 2.45) is 5.92 Å². The van der Waals surface area contributed by atoms with Crippen molar-refractivity contribution in [3.8, 4) is 0 Å². The summed E-state index contributed by atoms with van der Waals surface area (Å²) in [6.45, 7) is 3.65. The smallest absolute Gasteiger partial charge is 0.257 e. The molecule has 6 nitrogen and oxygen atoms in total. The molecule has 7 heteroatoms. The molecule has 1 aliphatic rings. The van der Waals surface area contributed by atoms with E-state index in [2.05, 4.69) is 20.8 Å². The van der Waals surface area contributed by atoms with Gasteiger partial charge in [0.25, 0.3) is 5.91 Å². The van der Waals surface area contributed by atoms with Gasteiger partial charge in [0, 0.05) is 23.1 Å². The van der Waals surface area contributed by atoms with Crippen molar-refractivity contribution in [2.45, 2.75) is 51.9 Å². The average Bonchev–Trinajstić information content (AvgIpc) is 3.11. The Bertz CT molecular complexity index is 781. The van der Waals surface area contributed by atoms with E-state index in [-0.39, 0.29) is 17.7 Å². The van der Waals surface area contributed by atoms with Crippen LogP contribution in [0.15, 0.2) is 24.3 Å². The van der Waals surface area contributed by atoms with Crippen molar-refractivity contribution in [1.29, 1.82) is 0 Å². The Labute approximate surface area is 157 Å². The third kappa shape index (κ3) is 4.66. The van der Waals surface area contributed by atoms with Crippen LogP contribution in [0.3, 0.4) is 0 Å². The van der Waals surface area contributed by atoms with Crippen molar-refractivity contribution in [1.82, 2.24) is 10.2 Å². The predicted molar refractivity (Wildman–Crippen MR) is 104 cm³/mol. The van der Waals surface area contributed by atoms with E-state index in [0.29, 0.717) is 22.3 Å². The van der Waals surface area contributed by atoms with Crippen LogP contribution in [-0.4, -0.2) is 22.0 Å². The maximum absolute atomic E-state index is 12.5. The molecule has 0 atom stereocenters.